The summed E-state index contributed by atoms with van der Waals surface area (Å²) >= 11 is 0. The summed E-state index contributed by atoms with van der Waals surface area (Å²) in [6, 6.07) is 9.73. The predicted molar refractivity (Wildman–Crippen MR) is 69.5 cm³/mol. The van der Waals surface area contributed by atoms with Gasteiger partial charge in [0.1, 0.15) is 0 Å². The Hall–Kier alpha value is -2.10. The summed E-state index contributed by atoms with van der Waals surface area (Å²) in [6.07, 6.45) is 3.27. The predicted octanol–water partition coefficient (Wildman–Crippen LogP) is 2.51. The van der Waals surface area contributed by atoms with E-state index in [1.807, 2.05) is 30.3 Å². The standard InChI is InChI=1S/C14H14N2O2/c17-13(18)14(6-7-14)9-16-12-5-8-15-11-4-2-1-3-10(11)12/h1-5,8H,6-7,9H2,(H,15,16)(H,17,18). The number of fused-ring (bicyclic) bond motifs is 1. The number of para-hydroxylation sites is 1. The molecule has 18 heavy (non-hydrogen) atoms. The first-order valence-electron chi connectivity index (χ1n) is 6.02. The van der Waals surface area contributed by atoms with Crippen molar-refractivity contribution in [1.82, 2.24) is 4.98 Å². The van der Waals surface area contributed by atoms with Crippen molar-refractivity contribution < 1.29 is 9.90 Å². The second-order valence-electron chi connectivity index (χ2n) is 4.81. The molecule has 2 aromatic rings. The van der Waals surface area contributed by atoms with Gasteiger partial charge in [0, 0.05) is 23.8 Å². The Labute approximate surface area is 105 Å². The SMILES string of the molecule is O=C(O)C1(CNc2ccnc3ccccc23)CC1. The Morgan fingerprint density at radius 1 is 1.33 bits per heavy atom. The van der Waals surface area contributed by atoms with E-state index < -0.39 is 11.4 Å². The smallest absolute Gasteiger partial charge is 0.311 e. The van der Waals surface area contributed by atoms with Crippen LogP contribution in [-0.4, -0.2) is 22.6 Å². The van der Waals surface area contributed by atoms with Crippen LogP contribution in [-0.2, 0) is 4.79 Å². The molecule has 0 saturated heterocycles. The fraction of sp³-hybridized carbons (Fsp3) is 0.286. The average Bonchev–Trinajstić information content (AvgIpc) is 3.17. The van der Waals surface area contributed by atoms with Gasteiger partial charge in [0.15, 0.2) is 0 Å². The van der Waals surface area contributed by atoms with Crippen molar-refractivity contribution in [2.45, 2.75) is 12.8 Å². The largest absolute Gasteiger partial charge is 0.481 e. The second kappa shape index (κ2) is 3.98. The van der Waals surface area contributed by atoms with E-state index >= 15 is 0 Å². The Balaban J connectivity index is 1.85. The maximum atomic E-state index is 11.1. The van der Waals surface area contributed by atoms with Crippen LogP contribution in [0.25, 0.3) is 10.9 Å². The van der Waals surface area contributed by atoms with Crippen LogP contribution in [0.2, 0.25) is 0 Å². The van der Waals surface area contributed by atoms with E-state index in [2.05, 4.69) is 10.3 Å². The zero-order chi connectivity index (χ0) is 12.6. The summed E-state index contributed by atoms with van der Waals surface area (Å²) in [5.74, 6) is -0.701. The van der Waals surface area contributed by atoms with Crippen LogP contribution in [0.15, 0.2) is 36.5 Å². The van der Waals surface area contributed by atoms with Crippen molar-refractivity contribution >= 4 is 22.6 Å². The van der Waals surface area contributed by atoms with Gasteiger partial charge in [-0.2, -0.15) is 0 Å². The number of pyridine rings is 1. The second-order valence-corrected chi connectivity index (χ2v) is 4.81. The van der Waals surface area contributed by atoms with E-state index in [0.717, 1.165) is 29.4 Å². The third kappa shape index (κ3) is 1.79. The molecule has 0 amide bonds. The molecular formula is C14H14N2O2. The highest BCUT2D eigenvalue weighted by Gasteiger charge is 2.50. The fourth-order valence-electron chi connectivity index (χ4n) is 2.13. The van der Waals surface area contributed by atoms with Crippen LogP contribution in [0.1, 0.15) is 12.8 Å². The number of hydrogen-bond donors (Lipinski definition) is 2. The number of carbonyl (C=O) groups is 1. The van der Waals surface area contributed by atoms with Gasteiger partial charge in [-0.1, -0.05) is 18.2 Å². The van der Waals surface area contributed by atoms with Gasteiger partial charge in [0.25, 0.3) is 0 Å². The summed E-state index contributed by atoms with van der Waals surface area (Å²) in [6.45, 7) is 0.482. The number of rotatable bonds is 4. The van der Waals surface area contributed by atoms with Crippen LogP contribution in [0.3, 0.4) is 0 Å². The number of benzene rings is 1. The van der Waals surface area contributed by atoms with E-state index in [-0.39, 0.29) is 0 Å². The monoisotopic (exact) mass is 242 g/mol. The van der Waals surface area contributed by atoms with E-state index in [9.17, 15) is 4.79 Å². The van der Waals surface area contributed by atoms with Gasteiger partial charge in [-0.15, -0.1) is 0 Å². The van der Waals surface area contributed by atoms with Crippen molar-refractivity contribution in [1.29, 1.82) is 0 Å². The molecule has 4 heteroatoms. The molecular weight excluding hydrogens is 228 g/mol. The third-order valence-electron chi connectivity index (χ3n) is 3.57. The van der Waals surface area contributed by atoms with Crippen molar-refractivity contribution in [3.05, 3.63) is 36.5 Å². The molecule has 1 aliphatic carbocycles. The van der Waals surface area contributed by atoms with Gasteiger partial charge < -0.3 is 10.4 Å². The number of hydrogen-bond acceptors (Lipinski definition) is 3. The number of anilines is 1. The van der Waals surface area contributed by atoms with E-state index in [4.69, 9.17) is 5.11 Å². The number of aromatic nitrogens is 1. The molecule has 0 unspecified atom stereocenters. The molecule has 1 heterocycles. The van der Waals surface area contributed by atoms with Crippen molar-refractivity contribution in [2.24, 2.45) is 5.41 Å². The van der Waals surface area contributed by atoms with Gasteiger partial charge >= 0.3 is 5.97 Å². The molecule has 0 aliphatic heterocycles. The first kappa shape index (κ1) is 11.0. The van der Waals surface area contributed by atoms with Crippen LogP contribution in [0, 0.1) is 5.41 Å². The molecule has 0 atom stereocenters. The molecule has 4 nitrogen and oxygen atoms in total. The lowest BCUT2D eigenvalue weighted by Crippen LogP contribution is -2.24. The molecule has 0 radical (unpaired) electrons. The summed E-state index contributed by atoms with van der Waals surface area (Å²) in [7, 11) is 0. The number of aliphatic carboxylic acids is 1. The molecule has 1 aromatic carbocycles. The number of carboxylic acid groups (broad SMARTS) is 1. The molecule has 92 valence electrons. The molecule has 1 saturated carbocycles. The number of nitrogens with zero attached hydrogens (tertiary/aromatic N) is 1. The van der Waals surface area contributed by atoms with Crippen molar-refractivity contribution in [3.63, 3.8) is 0 Å². The van der Waals surface area contributed by atoms with Crippen LogP contribution in [0.5, 0.6) is 0 Å². The first-order valence-corrected chi connectivity index (χ1v) is 6.02. The van der Waals surface area contributed by atoms with E-state index in [0.29, 0.717) is 6.54 Å². The van der Waals surface area contributed by atoms with Gasteiger partial charge in [-0.25, -0.2) is 0 Å². The zero-order valence-corrected chi connectivity index (χ0v) is 9.89. The van der Waals surface area contributed by atoms with Gasteiger partial charge in [0.05, 0.1) is 10.9 Å². The average molecular weight is 242 g/mol. The molecule has 2 N–H and O–H groups in total. The molecule has 3 rings (SSSR count). The number of carboxylic acids is 1. The summed E-state index contributed by atoms with van der Waals surface area (Å²) < 4.78 is 0. The minimum atomic E-state index is -0.701. The van der Waals surface area contributed by atoms with E-state index in [1.54, 1.807) is 6.20 Å². The van der Waals surface area contributed by atoms with Crippen LogP contribution < -0.4 is 5.32 Å². The summed E-state index contributed by atoms with van der Waals surface area (Å²) in [5.41, 5.74) is 1.32. The minimum Gasteiger partial charge on any atom is -0.481 e. The Morgan fingerprint density at radius 2 is 2.11 bits per heavy atom. The maximum Gasteiger partial charge on any atom is 0.311 e. The normalized spacial score (nSPS) is 16.4. The Morgan fingerprint density at radius 3 is 2.83 bits per heavy atom. The van der Waals surface area contributed by atoms with Crippen LogP contribution >= 0.6 is 0 Å². The topological polar surface area (TPSA) is 62.2 Å². The summed E-state index contributed by atoms with van der Waals surface area (Å²) in [5, 5.41) is 13.4. The molecule has 0 bridgehead atoms. The maximum absolute atomic E-state index is 11.1. The molecule has 1 aromatic heterocycles. The van der Waals surface area contributed by atoms with Gasteiger partial charge in [-0.05, 0) is 25.0 Å². The number of nitrogens with one attached hydrogen (secondary N) is 1. The highest BCUT2D eigenvalue weighted by molar-refractivity contribution is 5.91. The highest BCUT2D eigenvalue weighted by Crippen LogP contribution is 2.46. The van der Waals surface area contributed by atoms with Gasteiger partial charge in [0.2, 0.25) is 0 Å². The lowest BCUT2D eigenvalue weighted by Gasteiger charge is -2.13. The zero-order valence-electron chi connectivity index (χ0n) is 9.89. The van der Waals surface area contributed by atoms with E-state index in [1.165, 1.54) is 0 Å². The lowest BCUT2D eigenvalue weighted by molar-refractivity contribution is -0.142. The highest BCUT2D eigenvalue weighted by atomic mass is 16.4. The van der Waals surface area contributed by atoms with Gasteiger partial charge in [-0.3, -0.25) is 9.78 Å². The molecule has 1 aliphatic rings. The van der Waals surface area contributed by atoms with Crippen LogP contribution in [0.4, 0.5) is 5.69 Å². The third-order valence-corrected chi connectivity index (χ3v) is 3.57. The Kier molecular flexibility index (Phi) is 2.44. The Bertz CT molecular complexity index is 600. The molecule has 0 spiro atoms. The minimum absolute atomic E-state index is 0.482. The fourth-order valence-corrected chi connectivity index (χ4v) is 2.13. The lowest BCUT2D eigenvalue weighted by atomic mass is 10.1. The quantitative estimate of drug-likeness (QED) is 0.864. The first-order chi connectivity index (χ1) is 8.71. The molecule has 1 fully saturated rings. The van der Waals surface area contributed by atoms with Crippen molar-refractivity contribution in [2.75, 3.05) is 11.9 Å². The van der Waals surface area contributed by atoms with Crippen molar-refractivity contribution in [3.8, 4) is 0 Å². The summed E-state index contributed by atoms with van der Waals surface area (Å²) in [4.78, 5) is 15.4.